The number of aliphatic hydroxyl groups is 1. The Balaban J connectivity index is 0.950. The van der Waals surface area contributed by atoms with Crippen molar-refractivity contribution < 1.29 is 85.4 Å². The van der Waals surface area contributed by atoms with Crippen molar-refractivity contribution in [2.24, 2.45) is 0 Å². The van der Waals surface area contributed by atoms with Gasteiger partial charge in [0.1, 0.15) is 60.5 Å². The molecule has 6 aliphatic rings. The maximum absolute atomic E-state index is 12.5. The van der Waals surface area contributed by atoms with Crippen LogP contribution in [0.3, 0.4) is 0 Å². The van der Waals surface area contributed by atoms with E-state index in [1.165, 1.54) is 6.92 Å². The van der Waals surface area contributed by atoms with Crippen molar-refractivity contribution in [3.05, 3.63) is 144 Å². The number of ether oxygens (including phenoxy) is 15. The van der Waals surface area contributed by atoms with Crippen LogP contribution in [0, 0.1) is 0 Å². The molecule has 6 heterocycles. The quantitative estimate of drug-likeness (QED) is 0.0546. The summed E-state index contributed by atoms with van der Waals surface area (Å²) in [6, 6.07) is 39.5. The largest absolute Gasteiger partial charge is 0.457 e. The molecule has 0 spiro atoms. The smallest absolute Gasteiger partial charge is 0.303 e. The van der Waals surface area contributed by atoms with Crippen molar-refractivity contribution in [3.63, 3.8) is 0 Å². The van der Waals surface area contributed by atoms with Crippen LogP contribution in [0.15, 0.2) is 121 Å². The monoisotopic (exact) mass is 1170 g/mol. The van der Waals surface area contributed by atoms with Gasteiger partial charge >= 0.3 is 5.97 Å². The lowest BCUT2D eigenvalue weighted by Gasteiger charge is -2.51. The molecule has 83 heavy (non-hydrogen) atoms. The predicted molar refractivity (Wildman–Crippen MR) is 304 cm³/mol. The molecule has 0 aromatic heterocycles. The summed E-state index contributed by atoms with van der Waals surface area (Å²) in [6.07, 6.45) is -16.1. The lowest BCUT2D eigenvalue weighted by atomic mass is 9.97. The molecule has 0 aliphatic carbocycles. The third-order valence-electron chi connectivity index (χ3n) is 16.9. The van der Waals surface area contributed by atoms with E-state index in [1.54, 1.807) is 6.92 Å². The van der Waals surface area contributed by atoms with Gasteiger partial charge in [0.25, 0.3) is 0 Å². The first-order valence-corrected chi connectivity index (χ1v) is 31.7. The second-order valence-corrected chi connectivity index (χ2v) is 29.6. The Hall–Kier alpha value is -4.07. The minimum Gasteiger partial charge on any atom is -0.457 e. The molecule has 18 atom stereocenters. The van der Waals surface area contributed by atoms with Crippen molar-refractivity contribution in [1.82, 2.24) is 0 Å². The molecule has 0 amide bonds. The first kappa shape index (κ1) is 62.0. The zero-order valence-corrected chi connectivity index (χ0v) is 50.7. The summed E-state index contributed by atoms with van der Waals surface area (Å²) < 4.78 is 109. The average molecular weight is 1170 g/mol. The van der Waals surface area contributed by atoms with Crippen LogP contribution in [0.2, 0.25) is 16.6 Å². The number of benzene rings is 4. The van der Waals surface area contributed by atoms with Crippen molar-refractivity contribution in [2.75, 3.05) is 19.8 Å². The fraction of sp³-hybridized carbons (Fsp3) is 0.609. The van der Waals surface area contributed by atoms with Gasteiger partial charge in [-0.3, -0.25) is 4.79 Å². The Morgan fingerprint density at radius 1 is 0.590 bits per heavy atom. The molecule has 0 bridgehead atoms. The van der Waals surface area contributed by atoms with Crippen LogP contribution < -0.4 is 0 Å². The van der Waals surface area contributed by atoms with Gasteiger partial charge < -0.3 is 80.6 Å². The Morgan fingerprint density at radius 3 is 1.72 bits per heavy atom. The fourth-order valence-corrected chi connectivity index (χ4v) is 18.4. The molecule has 19 heteroatoms. The molecule has 7 unspecified atom stereocenters. The van der Waals surface area contributed by atoms with Gasteiger partial charge in [-0.25, -0.2) is 0 Å². The van der Waals surface area contributed by atoms with E-state index < -0.39 is 130 Å². The zero-order valence-electron chi connectivity index (χ0n) is 49.7. The van der Waals surface area contributed by atoms with E-state index in [9.17, 15) is 9.90 Å². The van der Waals surface area contributed by atoms with Gasteiger partial charge in [0.15, 0.2) is 43.3 Å². The van der Waals surface area contributed by atoms with Crippen LogP contribution in [0.1, 0.15) is 105 Å². The number of carbonyl (C=O) groups is 1. The topological polar surface area (TPSA) is 185 Å². The van der Waals surface area contributed by atoms with Crippen molar-refractivity contribution >= 4 is 14.3 Å². The SMILES string of the molecule is CC(=O)O[C@@H]1C(O)C(O[C@@H]2O[C@H](C)[C@H](O[C@@H]3OC[C@@H](OCc4ccccc4)C(O[C@@H]4OC[C@]5(COCc6ccccc6)O[C@@H](c6ccccc6)OC45)C3OCc3ccccc3)C3OC(C)(C)OC32)[C@H](O[Si](C(C)C)(C(C)C)C(C)C)O[C@@H]1C. The molecule has 18 nitrogen and oxygen atoms in total. The lowest BCUT2D eigenvalue weighted by molar-refractivity contribution is -0.368. The molecule has 0 radical (unpaired) electrons. The van der Waals surface area contributed by atoms with E-state index >= 15 is 0 Å². The molecule has 4 aromatic rings. The van der Waals surface area contributed by atoms with Gasteiger partial charge in [-0.2, -0.15) is 0 Å². The summed E-state index contributed by atoms with van der Waals surface area (Å²) in [6.45, 7) is 22.6. The number of carbonyl (C=O) groups excluding carboxylic acids is 1. The van der Waals surface area contributed by atoms with Crippen LogP contribution >= 0.6 is 0 Å². The second-order valence-electron chi connectivity index (χ2n) is 24.2. The molecular weight excluding hydrogens is 1080 g/mol. The van der Waals surface area contributed by atoms with Crippen LogP contribution in [0.5, 0.6) is 0 Å². The van der Waals surface area contributed by atoms with Gasteiger partial charge in [0.05, 0.1) is 51.8 Å². The Bertz CT molecular complexity index is 2630. The van der Waals surface area contributed by atoms with E-state index in [2.05, 4.69) is 41.5 Å². The summed E-state index contributed by atoms with van der Waals surface area (Å²) in [5, 5.41) is 12.3. The molecule has 1 N–H and O–H groups in total. The third kappa shape index (κ3) is 13.9. The number of rotatable bonds is 23. The first-order chi connectivity index (χ1) is 39.8. The second kappa shape index (κ2) is 26.9. The molecule has 6 aliphatic heterocycles. The van der Waals surface area contributed by atoms with E-state index in [4.69, 9.17) is 75.5 Å². The number of hydrogen-bond donors (Lipinski definition) is 1. The fourth-order valence-electron chi connectivity index (χ4n) is 13.0. The zero-order chi connectivity index (χ0) is 58.6. The molecule has 4 aromatic carbocycles. The van der Waals surface area contributed by atoms with Gasteiger partial charge in [-0.1, -0.05) is 163 Å². The average Bonchev–Trinajstić information content (AvgIpc) is 4.30. The van der Waals surface area contributed by atoms with Gasteiger partial charge in [0, 0.05) is 12.5 Å². The predicted octanol–water partition coefficient (Wildman–Crippen LogP) is 9.59. The standard InChI is InChI=1S/C64H86O18Si/c1-38(2)83(39(3)4,40(5)6)82-61-53(49(66)50(41(7)73-61)74-43(9)65)77-60-56-54(79-63(10,11)80-56)51(42(8)72-60)75-59-55(69-34-46-28-20-14-21-29-46)52(48(35-70-59)68-33-45-26-18-13-19-27-45)76-62-57-64(37-71-62,36-67-32-44-24-16-12-17-25-44)81-58(78-57)47-30-22-15-23-31-47/h12-31,38-42,48-62,66H,32-37H2,1-11H3/t41-,42-,48-,49?,50+,51+,52?,53?,54?,55?,56?,57?,58+,59+,60+,61+,62+,64+/m1/s1. The first-order valence-electron chi connectivity index (χ1n) is 29.5. The minimum absolute atomic E-state index is 0.0293. The molecule has 454 valence electrons. The van der Waals surface area contributed by atoms with Gasteiger partial charge in [0.2, 0.25) is 8.32 Å². The Kier molecular flexibility index (Phi) is 20.1. The van der Waals surface area contributed by atoms with Crippen LogP contribution in [-0.2, 0) is 100 Å². The maximum Gasteiger partial charge on any atom is 0.303 e. The maximum atomic E-state index is 12.5. The molecule has 10 rings (SSSR count). The van der Waals surface area contributed by atoms with E-state index in [0.717, 1.165) is 22.3 Å². The van der Waals surface area contributed by atoms with Crippen molar-refractivity contribution in [2.45, 2.75) is 229 Å². The number of hydrogen-bond acceptors (Lipinski definition) is 18. The Labute approximate surface area is 489 Å². The lowest BCUT2D eigenvalue weighted by Crippen LogP contribution is -2.66. The highest BCUT2D eigenvalue weighted by molar-refractivity contribution is 6.77. The number of fused-ring (bicyclic) bond motifs is 2. The normalized spacial score (nSPS) is 35.2. The Morgan fingerprint density at radius 2 is 1.12 bits per heavy atom. The van der Waals surface area contributed by atoms with Crippen LogP contribution in [0.4, 0.5) is 0 Å². The van der Waals surface area contributed by atoms with Crippen molar-refractivity contribution in [1.29, 1.82) is 0 Å². The third-order valence-corrected chi connectivity index (χ3v) is 23.0. The van der Waals surface area contributed by atoms with Gasteiger partial charge in [-0.05, 0) is 61.0 Å². The number of aliphatic hydroxyl groups excluding tert-OH is 1. The highest BCUT2D eigenvalue weighted by atomic mass is 28.4. The van der Waals surface area contributed by atoms with Gasteiger partial charge in [-0.15, -0.1) is 0 Å². The van der Waals surface area contributed by atoms with Crippen LogP contribution in [0.25, 0.3) is 0 Å². The molecule has 0 saturated carbocycles. The number of esters is 1. The van der Waals surface area contributed by atoms with Crippen molar-refractivity contribution in [3.8, 4) is 0 Å². The summed E-state index contributed by atoms with van der Waals surface area (Å²) >= 11 is 0. The summed E-state index contributed by atoms with van der Waals surface area (Å²) in [7, 11) is -2.67. The highest BCUT2D eigenvalue weighted by Gasteiger charge is 2.63. The van der Waals surface area contributed by atoms with E-state index in [1.807, 2.05) is 142 Å². The summed E-state index contributed by atoms with van der Waals surface area (Å²) in [5.74, 6) is -1.72. The summed E-state index contributed by atoms with van der Waals surface area (Å²) in [5.41, 5.74) is 3.18. The van der Waals surface area contributed by atoms with Crippen LogP contribution in [-0.4, -0.2) is 149 Å². The highest BCUT2D eigenvalue weighted by Crippen LogP contribution is 2.49. The summed E-state index contributed by atoms with van der Waals surface area (Å²) in [4.78, 5) is 12.5. The molecular formula is C64H86O18Si. The molecule has 6 saturated heterocycles. The molecule has 6 fully saturated rings. The minimum atomic E-state index is -2.67. The van der Waals surface area contributed by atoms with E-state index in [0.29, 0.717) is 6.61 Å². The van der Waals surface area contributed by atoms with E-state index in [-0.39, 0.29) is 49.7 Å².